The van der Waals surface area contributed by atoms with Gasteiger partial charge in [-0.05, 0) is 16.2 Å². The first-order valence-electron chi connectivity index (χ1n) is 13.5. The number of hydrogen-bond acceptors (Lipinski definition) is 0. The van der Waals surface area contributed by atoms with Crippen molar-refractivity contribution in [3.63, 3.8) is 0 Å². The third kappa shape index (κ3) is 356. The topological polar surface area (TPSA) is 0 Å². The molecule has 39 heavy (non-hydrogen) atoms. The van der Waals surface area contributed by atoms with Gasteiger partial charge in [-0.2, -0.15) is 20.8 Å². The van der Waals surface area contributed by atoms with Crippen LogP contribution in [-0.2, 0) is 32.7 Å². The van der Waals surface area contributed by atoms with Gasteiger partial charge < -0.3 is 13.3 Å². The second-order valence-electron chi connectivity index (χ2n) is 12.8. The van der Waals surface area contributed by atoms with E-state index in [1.165, 1.54) is 5.92 Å². The normalized spacial score (nSPS) is 8.31. The maximum Gasteiger partial charge on any atom is 0 e. The molecule has 0 atom stereocenters. The first-order chi connectivity index (χ1) is 15.7. The van der Waals surface area contributed by atoms with Crippen molar-refractivity contribution in [1.82, 2.24) is 0 Å². The molecule has 1 heteroatoms. The van der Waals surface area contributed by atoms with Crippen molar-refractivity contribution in [3.05, 3.63) is 86.1 Å². The molecule has 0 bridgehead atoms. The molecule has 0 aromatic heterocycles. The van der Waals surface area contributed by atoms with Crippen LogP contribution in [0.4, 0.5) is 0 Å². The van der Waals surface area contributed by atoms with E-state index < -0.39 is 0 Å². The van der Waals surface area contributed by atoms with Crippen LogP contribution in [0.3, 0.4) is 0 Å². The zero-order chi connectivity index (χ0) is 29.6. The van der Waals surface area contributed by atoms with E-state index in [1.54, 1.807) is 0 Å². The Morgan fingerprint density at radius 3 is 0.385 bits per heavy atom. The molecule has 0 spiro atoms. The van der Waals surface area contributed by atoms with E-state index in [0.29, 0.717) is 16.2 Å². The summed E-state index contributed by atoms with van der Waals surface area (Å²) in [5.74, 6) is 1.42. The Morgan fingerprint density at radius 2 is 0.359 bits per heavy atom. The van der Waals surface area contributed by atoms with Gasteiger partial charge in [0.1, 0.15) is 0 Å². The van der Waals surface area contributed by atoms with Gasteiger partial charge in [-0.3, -0.25) is 0 Å². The van der Waals surface area contributed by atoms with Crippen molar-refractivity contribution in [3.8, 4) is 0 Å². The number of benzene rings is 2. The Hall–Kier alpha value is -0.456. The van der Waals surface area contributed by atoms with E-state index in [2.05, 4.69) is 104 Å². The molecule has 0 aliphatic carbocycles. The second-order valence-corrected chi connectivity index (χ2v) is 12.8. The fourth-order valence-corrected chi connectivity index (χ4v) is 0.770. The van der Waals surface area contributed by atoms with Gasteiger partial charge in [0, 0.05) is 32.7 Å². The van der Waals surface area contributed by atoms with Gasteiger partial charge in [0.2, 0.25) is 0 Å². The Bertz CT molecular complexity index is 389. The Balaban J connectivity index is -0.0000000310. The Labute approximate surface area is 279 Å². The van der Waals surface area contributed by atoms with E-state index in [4.69, 9.17) is 0 Å². The van der Waals surface area contributed by atoms with Gasteiger partial charge in [0.25, 0.3) is 0 Å². The molecular formula is C38H80Y-2. The van der Waals surface area contributed by atoms with Crippen molar-refractivity contribution >= 4 is 0 Å². The van der Waals surface area contributed by atoms with Crippen molar-refractivity contribution < 1.29 is 32.7 Å². The first-order valence-corrected chi connectivity index (χ1v) is 13.5. The van der Waals surface area contributed by atoms with E-state index in [9.17, 15) is 0 Å². The van der Waals surface area contributed by atoms with Gasteiger partial charge in [0.15, 0.2) is 0 Å². The molecule has 0 saturated heterocycles. The average Bonchev–Trinajstić information content (AvgIpc) is 2.70. The first kappa shape index (κ1) is 66.7. The van der Waals surface area contributed by atoms with Crippen LogP contribution in [-0.4, -0.2) is 0 Å². The summed E-state index contributed by atoms with van der Waals surface area (Å²) in [5, 5.41) is 0. The van der Waals surface area contributed by atoms with Crippen LogP contribution in [0.5, 0.6) is 0 Å². The zero-order valence-electron chi connectivity index (χ0n) is 29.5. The van der Waals surface area contributed by atoms with Crippen LogP contribution >= 0.6 is 0 Å². The van der Waals surface area contributed by atoms with Gasteiger partial charge in [-0.25, -0.2) is 0 Å². The molecule has 0 N–H and O–H groups in total. The van der Waals surface area contributed by atoms with E-state index in [-0.39, 0.29) is 55.0 Å². The second kappa shape index (κ2) is 47.3. The molecule has 0 nitrogen and oxygen atoms in total. The number of hydrogen-bond donors (Lipinski definition) is 0. The minimum absolute atomic E-state index is 0. The maximum absolute atomic E-state index is 2.19. The third-order valence-electron chi connectivity index (χ3n) is 1.33. The van der Waals surface area contributed by atoms with Crippen LogP contribution in [0.25, 0.3) is 0 Å². The van der Waals surface area contributed by atoms with E-state index in [0.717, 1.165) is 0 Å². The summed E-state index contributed by atoms with van der Waals surface area (Å²) in [6, 6.07) is 24.0. The summed E-state index contributed by atoms with van der Waals surface area (Å²) in [4.78, 5) is 0. The third-order valence-corrected chi connectivity index (χ3v) is 1.33. The monoisotopic (exact) mass is 626 g/mol. The van der Waals surface area contributed by atoms with Crippen molar-refractivity contribution in [2.75, 3.05) is 0 Å². The van der Waals surface area contributed by atoms with Crippen molar-refractivity contribution in [2.45, 2.75) is 146 Å². The minimum Gasteiger partial charge on any atom is -0.358 e. The number of rotatable bonds is 0. The summed E-state index contributed by atoms with van der Waals surface area (Å²) in [6.45, 7) is 40.5. The van der Waals surface area contributed by atoms with Crippen LogP contribution in [0.2, 0.25) is 0 Å². The zero-order valence-corrected chi connectivity index (χ0v) is 32.3. The predicted molar refractivity (Wildman–Crippen MR) is 191 cm³/mol. The quantitative estimate of drug-likeness (QED) is 0.256. The summed E-state index contributed by atoms with van der Waals surface area (Å²) in [7, 11) is 0. The average molecular weight is 626 g/mol. The molecular weight excluding hydrogens is 545 g/mol. The largest absolute Gasteiger partial charge is 0.358 e. The molecule has 2 aromatic rings. The van der Waals surface area contributed by atoms with Crippen molar-refractivity contribution in [1.29, 1.82) is 0 Å². The SMILES string of the molecule is C.C.CC.CC.CC(C)(C)C.CC(C)(C)C.CC(C)(C)C.C[C-](C)C.[CH3-].[Y].c1ccccc1.c1ccccc1. The molecule has 2 aromatic carbocycles. The predicted octanol–water partition coefficient (Wildman–Crippen LogP) is 14.9. The van der Waals surface area contributed by atoms with Crippen LogP contribution in [0.1, 0.15) is 146 Å². The molecule has 1 radical (unpaired) electrons. The molecule has 0 aliphatic rings. The molecule has 0 amide bonds. The summed E-state index contributed by atoms with van der Waals surface area (Å²) in [6.07, 6.45) is 0. The van der Waals surface area contributed by atoms with E-state index >= 15 is 0 Å². The van der Waals surface area contributed by atoms with Crippen LogP contribution < -0.4 is 0 Å². The Kier molecular flexibility index (Phi) is 80.9. The smallest absolute Gasteiger partial charge is 0 e. The van der Waals surface area contributed by atoms with Gasteiger partial charge in [-0.1, -0.05) is 198 Å². The molecule has 0 unspecified atom stereocenters. The fourth-order valence-electron chi connectivity index (χ4n) is 0.770. The van der Waals surface area contributed by atoms with Gasteiger partial charge >= 0.3 is 0 Å². The molecule has 0 heterocycles. The van der Waals surface area contributed by atoms with E-state index in [1.807, 2.05) is 100 Å². The maximum atomic E-state index is 2.19. The van der Waals surface area contributed by atoms with Gasteiger partial charge in [0.05, 0.1) is 0 Å². The minimum atomic E-state index is 0. The van der Waals surface area contributed by atoms with Gasteiger partial charge in [-0.15, -0.1) is 0 Å². The van der Waals surface area contributed by atoms with Crippen LogP contribution in [0.15, 0.2) is 72.8 Å². The summed E-state index contributed by atoms with van der Waals surface area (Å²) in [5.41, 5.74) is 1.50. The molecule has 2 rings (SSSR count). The summed E-state index contributed by atoms with van der Waals surface area (Å²) < 4.78 is 0. The van der Waals surface area contributed by atoms with Crippen LogP contribution in [0, 0.1) is 29.6 Å². The molecule has 0 fully saturated rings. The molecule has 0 saturated carbocycles. The molecule has 237 valence electrons. The van der Waals surface area contributed by atoms with Crippen molar-refractivity contribution in [2.24, 2.45) is 16.2 Å². The molecule has 0 aliphatic heterocycles. The standard InChI is InChI=1S/2C6H6.3C5H12.C4H9.2C2H6.2CH4.CH3.Y/c2*1-2-4-6-5-3-1;3*1-5(2,3)4;1-4(2)3;2*1-2;;;;/h2*1-6H;3*1-4H3;1-3H3;2*1-2H3;2*1H4;1H3;/q;;;;;-1;;;;;-1;. The Morgan fingerprint density at radius 1 is 0.333 bits per heavy atom. The fraction of sp³-hybridized carbons (Fsp3) is 0.632. The summed E-state index contributed by atoms with van der Waals surface area (Å²) >= 11 is 0.